The van der Waals surface area contributed by atoms with Crippen LogP contribution in [0.4, 0.5) is 11.4 Å². The smallest absolute Gasteiger partial charge is 0.0816 e. The normalized spacial score (nSPS) is 11.5. The predicted octanol–water partition coefficient (Wildman–Crippen LogP) is 9.39. The fraction of sp³-hybridized carbons (Fsp3) is 0.0370. The van der Waals surface area contributed by atoms with Crippen LogP contribution in [0.1, 0.15) is 22.3 Å². The standard InChI is InChI=1S/C27H18Cl4N2/c28-22-7-1-18(2-8-22)16-32-26-11-5-20(14-24(26)30)13-21-6-12-27(25(31)15-21)33-17-19-3-9-23(29)10-4-19/h1-12,14-17H,13H2. The van der Waals surface area contributed by atoms with Gasteiger partial charge >= 0.3 is 0 Å². The molecule has 2 nitrogen and oxygen atoms in total. The molecule has 4 rings (SSSR count). The van der Waals surface area contributed by atoms with Crippen LogP contribution in [0.25, 0.3) is 0 Å². The Morgan fingerprint density at radius 2 is 0.909 bits per heavy atom. The van der Waals surface area contributed by atoms with E-state index in [1.54, 1.807) is 12.4 Å². The summed E-state index contributed by atoms with van der Waals surface area (Å²) in [7, 11) is 0. The van der Waals surface area contributed by atoms with Crippen molar-refractivity contribution < 1.29 is 0 Å². The third kappa shape index (κ3) is 6.69. The molecule has 0 atom stereocenters. The number of nitrogens with zero attached hydrogens (tertiary/aromatic N) is 2. The molecule has 0 spiro atoms. The predicted molar refractivity (Wildman–Crippen MR) is 143 cm³/mol. The van der Waals surface area contributed by atoms with Gasteiger partial charge < -0.3 is 0 Å². The molecule has 0 saturated carbocycles. The summed E-state index contributed by atoms with van der Waals surface area (Å²) in [6.07, 6.45) is 4.22. The third-order valence-electron chi connectivity index (χ3n) is 4.88. The van der Waals surface area contributed by atoms with Crippen LogP contribution < -0.4 is 0 Å². The molecule has 33 heavy (non-hydrogen) atoms. The van der Waals surface area contributed by atoms with Crippen molar-refractivity contribution in [1.29, 1.82) is 0 Å². The summed E-state index contributed by atoms with van der Waals surface area (Å²) in [4.78, 5) is 8.97. The van der Waals surface area contributed by atoms with E-state index in [0.717, 1.165) is 22.3 Å². The van der Waals surface area contributed by atoms with Crippen molar-refractivity contribution in [2.24, 2.45) is 9.98 Å². The quantitative estimate of drug-likeness (QED) is 0.230. The number of hydrogen-bond donors (Lipinski definition) is 0. The maximum atomic E-state index is 6.46. The van der Waals surface area contributed by atoms with Gasteiger partial charge in [-0.15, -0.1) is 0 Å². The van der Waals surface area contributed by atoms with E-state index in [1.165, 1.54) is 0 Å². The van der Waals surface area contributed by atoms with Crippen LogP contribution in [-0.4, -0.2) is 12.4 Å². The summed E-state index contributed by atoms with van der Waals surface area (Å²) in [5.74, 6) is 0. The minimum atomic E-state index is 0.591. The van der Waals surface area contributed by atoms with Crippen LogP contribution in [0, 0.1) is 0 Å². The highest BCUT2D eigenvalue weighted by atomic mass is 35.5. The molecule has 0 saturated heterocycles. The van der Waals surface area contributed by atoms with Gasteiger partial charge in [-0.25, -0.2) is 0 Å². The van der Waals surface area contributed by atoms with Crippen molar-refractivity contribution >= 4 is 70.2 Å². The van der Waals surface area contributed by atoms with E-state index in [2.05, 4.69) is 9.98 Å². The highest BCUT2D eigenvalue weighted by Crippen LogP contribution is 2.30. The fourth-order valence-corrected chi connectivity index (χ4v) is 3.91. The van der Waals surface area contributed by atoms with Gasteiger partial charge in [0.15, 0.2) is 0 Å². The SMILES string of the molecule is Clc1ccc(C=Nc2ccc(Cc3ccc(N=Cc4ccc(Cl)cc4)c(Cl)c3)cc2Cl)cc1. The fourth-order valence-electron chi connectivity index (χ4n) is 3.15. The zero-order valence-electron chi connectivity index (χ0n) is 17.4. The van der Waals surface area contributed by atoms with E-state index < -0.39 is 0 Å². The average molecular weight is 512 g/mol. The van der Waals surface area contributed by atoms with E-state index in [0.29, 0.717) is 37.9 Å². The molecular weight excluding hydrogens is 494 g/mol. The van der Waals surface area contributed by atoms with Crippen LogP contribution >= 0.6 is 46.4 Å². The van der Waals surface area contributed by atoms with Crippen molar-refractivity contribution in [1.82, 2.24) is 0 Å². The molecule has 0 N–H and O–H groups in total. The van der Waals surface area contributed by atoms with Gasteiger partial charge in [0.2, 0.25) is 0 Å². The van der Waals surface area contributed by atoms with Gasteiger partial charge in [0.25, 0.3) is 0 Å². The van der Waals surface area contributed by atoms with Crippen LogP contribution in [0.5, 0.6) is 0 Å². The number of halogens is 4. The Morgan fingerprint density at radius 1 is 0.515 bits per heavy atom. The van der Waals surface area contributed by atoms with Crippen molar-refractivity contribution in [2.75, 3.05) is 0 Å². The summed E-state index contributed by atoms with van der Waals surface area (Å²) in [5, 5.41) is 2.56. The highest BCUT2D eigenvalue weighted by Gasteiger charge is 2.05. The highest BCUT2D eigenvalue weighted by molar-refractivity contribution is 6.33. The lowest BCUT2D eigenvalue weighted by Gasteiger charge is -2.07. The first-order chi connectivity index (χ1) is 16.0. The van der Waals surface area contributed by atoms with E-state index in [1.807, 2.05) is 84.9 Å². The van der Waals surface area contributed by atoms with E-state index in [-0.39, 0.29) is 0 Å². The van der Waals surface area contributed by atoms with E-state index in [4.69, 9.17) is 46.4 Å². The molecular formula is C27H18Cl4N2. The summed E-state index contributed by atoms with van der Waals surface area (Å²) in [6, 6.07) is 26.6. The molecule has 0 aromatic heterocycles. The molecule has 0 bridgehead atoms. The van der Waals surface area contributed by atoms with Gasteiger partial charge in [0.1, 0.15) is 0 Å². The number of rotatable bonds is 6. The largest absolute Gasteiger partial charge is 0.255 e. The maximum absolute atomic E-state index is 6.46. The first-order valence-electron chi connectivity index (χ1n) is 10.1. The molecule has 0 aliphatic carbocycles. The Kier molecular flexibility index (Phi) is 7.85. The summed E-state index contributed by atoms with van der Waals surface area (Å²) >= 11 is 24.8. The molecule has 4 aromatic rings. The summed E-state index contributed by atoms with van der Waals surface area (Å²) in [6.45, 7) is 0. The van der Waals surface area contributed by atoms with Gasteiger partial charge in [-0.1, -0.05) is 82.8 Å². The van der Waals surface area contributed by atoms with Crippen molar-refractivity contribution in [2.45, 2.75) is 6.42 Å². The first kappa shape index (κ1) is 23.5. The Bertz CT molecular complexity index is 1210. The van der Waals surface area contributed by atoms with Crippen molar-refractivity contribution in [3.63, 3.8) is 0 Å². The maximum Gasteiger partial charge on any atom is 0.0816 e. The van der Waals surface area contributed by atoms with Gasteiger partial charge in [-0.05, 0) is 77.2 Å². The molecule has 164 valence electrons. The van der Waals surface area contributed by atoms with E-state index >= 15 is 0 Å². The van der Waals surface area contributed by atoms with Gasteiger partial charge in [-0.3, -0.25) is 9.98 Å². The van der Waals surface area contributed by atoms with Crippen LogP contribution in [-0.2, 0) is 6.42 Å². The molecule has 0 heterocycles. The number of hydrogen-bond acceptors (Lipinski definition) is 2. The topological polar surface area (TPSA) is 24.7 Å². The Labute approximate surface area is 213 Å². The first-order valence-corrected chi connectivity index (χ1v) is 11.6. The van der Waals surface area contributed by atoms with Crippen molar-refractivity contribution in [3.05, 3.63) is 127 Å². The van der Waals surface area contributed by atoms with E-state index in [9.17, 15) is 0 Å². The third-order valence-corrected chi connectivity index (χ3v) is 5.99. The van der Waals surface area contributed by atoms with Crippen LogP contribution in [0.2, 0.25) is 20.1 Å². The number of benzene rings is 4. The molecule has 0 fully saturated rings. The summed E-state index contributed by atoms with van der Waals surface area (Å²) < 4.78 is 0. The van der Waals surface area contributed by atoms with Crippen molar-refractivity contribution in [3.8, 4) is 0 Å². The lowest BCUT2D eigenvalue weighted by molar-refractivity contribution is 1.19. The second-order valence-electron chi connectivity index (χ2n) is 7.37. The minimum Gasteiger partial charge on any atom is -0.255 e. The van der Waals surface area contributed by atoms with Gasteiger partial charge in [-0.2, -0.15) is 0 Å². The Balaban J connectivity index is 1.44. The number of aliphatic imine (C=N–C) groups is 2. The molecule has 0 amide bonds. The molecule has 0 aliphatic heterocycles. The van der Waals surface area contributed by atoms with Crippen LogP contribution in [0.3, 0.4) is 0 Å². The lowest BCUT2D eigenvalue weighted by atomic mass is 10.0. The Hall–Kier alpha value is -2.62. The molecule has 0 aliphatic rings. The molecule has 6 heteroatoms. The monoisotopic (exact) mass is 510 g/mol. The second kappa shape index (κ2) is 11.0. The zero-order chi connectivity index (χ0) is 23.2. The van der Waals surface area contributed by atoms with Gasteiger partial charge in [0, 0.05) is 22.5 Å². The molecule has 4 aromatic carbocycles. The molecule has 0 unspecified atom stereocenters. The lowest BCUT2D eigenvalue weighted by Crippen LogP contribution is -1.89. The summed E-state index contributed by atoms with van der Waals surface area (Å²) in [5.41, 5.74) is 5.46. The minimum absolute atomic E-state index is 0.591. The second-order valence-corrected chi connectivity index (χ2v) is 9.06. The zero-order valence-corrected chi connectivity index (χ0v) is 20.4. The van der Waals surface area contributed by atoms with Crippen LogP contribution in [0.15, 0.2) is 94.9 Å². The Morgan fingerprint density at radius 3 is 1.27 bits per heavy atom. The van der Waals surface area contributed by atoms with Gasteiger partial charge in [0.05, 0.1) is 21.4 Å². The average Bonchev–Trinajstić information content (AvgIpc) is 2.80. The molecule has 0 radical (unpaired) electrons.